The second-order valence-corrected chi connectivity index (χ2v) is 6.13. The van der Waals surface area contributed by atoms with Crippen molar-refractivity contribution >= 4 is 34.4 Å². The second kappa shape index (κ2) is 8.40. The van der Waals surface area contributed by atoms with E-state index in [1.54, 1.807) is 24.4 Å². The Kier molecular flexibility index (Phi) is 5.76. The maximum absolute atomic E-state index is 13.1. The number of fused-ring (bicyclic) bond motifs is 1. The van der Waals surface area contributed by atoms with Gasteiger partial charge in [0.1, 0.15) is 5.82 Å². The van der Waals surface area contributed by atoms with Crippen molar-refractivity contribution in [2.45, 2.75) is 6.54 Å². The maximum atomic E-state index is 13.1. The summed E-state index contributed by atoms with van der Waals surface area (Å²) < 4.78 is 15.2. The van der Waals surface area contributed by atoms with E-state index in [1.165, 1.54) is 12.1 Å². The van der Waals surface area contributed by atoms with E-state index < -0.39 is 0 Å². The molecule has 2 aromatic carbocycles. The molecule has 4 nitrogen and oxygen atoms in total. The van der Waals surface area contributed by atoms with Crippen LogP contribution in [-0.4, -0.2) is 22.4 Å². The Bertz CT molecular complexity index is 944. The van der Waals surface area contributed by atoms with Crippen molar-refractivity contribution in [3.05, 3.63) is 84.3 Å². The minimum absolute atomic E-state index is 0.231. The smallest absolute Gasteiger partial charge is 0.187 e. The molecule has 0 aliphatic rings. The average Bonchev–Trinajstić information content (AvgIpc) is 3.00. The lowest BCUT2D eigenvalue weighted by Crippen LogP contribution is -2.31. The van der Waals surface area contributed by atoms with Crippen LogP contribution in [-0.2, 0) is 6.54 Å². The van der Waals surface area contributed by atoms with Gasteiger partial charge in [-0.3, -0.25) is 5.43 Å². The Morgan fingerprint density at radius 3 is 2.73 bits per heavy atom. The Balaban J connectivity index is 1.81. The standard InChI is InChI=1S/C20H19FN4S/c1-2-11-22-20(26)24-23-12-16-14-25(19-6-4-3-5-18(16)19)13-15-7-9-17(21)10-8-15/h2-10,12,14H,1,11,13H2,(H2,22,24,26)/b23-12-. The summed E-state index contributed by atoms with van der Waals surface area (Å²) in [4.78, 5) is 0. The maximum Gasteiger partial charge on any atom is 0.187 e. The van der Waals surface area contributed by atoms with Gasteiger partial charge in [-0.1, -0.05) is 36.4 Å². The lowest BCUT2D eigenvalue weighted by atomic mass is 10.2. The highest BCUT2D eigenvalue weighted by atomic mass is 32.1. The van der Waals surface area contributed by atoms with E-state index in [2.05, 4.69) is 33.1 Å². The first-order chi connectivity index (χ1) is 12.7. The highest BCUT2D eigenvalue weighted by Crippen LogP contribution is 2.21. The van der Waals surface area contributed by atoms with E-state index in [9.17, 15) is 4.39 Å². The fourth-order valence-electron chi connectivity index (χ4n) is 2.66. The molecule has 132 valence electrons. The number of para-hydroxylation sites is 1. The second-order valence-electron chi connectivity index (χ2n) is 5.72. The van der Waals surface area contributed by atoms with Gasteiger partial charge < -0.3 is 9.88 Å². The van der Waals surface area contributed by atoms with Gasteiger partial charge in [0.05, 0.1) is 6.21 Å². The number of hydrazone groups is 1. The number of thiocarbonyl (C=S) groups is 1. The highest BCUT2D eigenvalue weighted by molar-refractivity contribution is 7.80. The zero-order chi connectivity index (χ0) is 18.4. The lowest BCUT2D eigenvalue weighted by molar-refractivity contribution is 0.626. The topological polar surface area (TPSA) is 41.4 Å². The Morgan fingerprint density at radius 2 is 1.96 bits per heavy atom. The predicted molar refractivity (Wildman–Crippen MR) is 109 cm³/mol. The summed E-state index contributed by atoms with van der Waals surface area (Å²) in [6.45, 7) is 4.86. The van der Waals surface area contributed by atoms with E-state index in [0.717, 1.165) is 22.0 Å². The number of hydrogen-bond acceptors (Lipinski definition) is 2. The molecule has 0 fully saturated rings. The molecule has 3 rings (SSSR count). The molecule has 0 amide bonds. The average molecular weight is 366 g/mol. The summed E-state index contributed by atoms with van der Waals surface area (Å²) >= 11 is 5.11. The minimum Gasteiger partial charge on any atom is -0.358 e. The summed E-state index contributed by atoms with van der Waals surface area (Å²) in [5.74, 6) is -0.231. The van der Waals surface area contributed by atoms with Gasteiger partial charge in [-0.15, -0.1) is 6.58 Å². The van der Waals surface area contributed by atoms with Gasteiger partial charge >= 0.3 is 0 Å². The van der Waals surface area contributed by atoms with Gasteiger partial charge in [0, 0.05) is 35.8 Å². The van der Waals surface area contributed by atoms with E-state index in [0.29, 0.717) is 18.2 Å². The molecule has 2 N–H and O–H groups in total. The number of nitrogens with zero attached hydrogens (tertiary/aromatic N) is 2. The molecule has 0 aliphatic heterocycles. The number of halogens is 1. The Labute approximate surface area is 157 Å². The third-order valence-electron chi connectivity index (χ3n) is 3.86. The molecule has 1 heterocycles. The molecule has 0 atom stereocenters. The molecule has 26 heavy (non-hydrogen) atoms. The fourth-order valence-corrected chi connectivity index (χ4v) is 2.80. The van der Waals surface area contributed by atoms with Gasteiger partial charge in [0.2, 0.25) is 0 Å². The van der Waals surface area contributed by atoms with Crippen LogP contribution in [0.15, 0.2) is 72.5 Å². The minimum atomic E-state index is -0.231. The fraction of sp³-hybridized carbons (Fsp3) is 0.100. The normalized spacial score (nSPS) is 11.0. The van der Waals surface area contributed by atoms with Gasteiger partial charge in [-0.05, 0) is 36.0 Å². The van der Waals surface area contributed by atoms with E-state index in [-0.39, 0.29) is 5.82 Å². The van der Waals surface area contributed by atoms with Crippen LogP contribution in [0.25, 0.3) is 10.9 Å². The number of nitrogens with one attached hydrogen (secondary N) is 2. The quantitative estimate of drug-likeness (QED) is 0.302. The van der Waals surface area contributed by atoms with Crippen LogP contribution in [0.2, 0.25) is 0 Å². The van der Waals surface area contributed by atoms with Crippen LogP contribution in [0, 0.1) is 5.82 Å². The summed E-state index contributed by atoms with van der Waals surface area (Å²) in [5, 5.41) is 8.68. The summed E-state index contributed by atoms with van der Waals surface area (Å²) in [7, 11) is 0. The molecular weight excluding hydrogens is 347 g/mol. The number of benzene rings is 2. The molecule has 0 unspecified atom stereocenters. The predicted octanol–water partition coefficient (Wildman–Crippen LogP) is 3.81. The number of rotatable bonds is 6. The van der Waals surface area contributed by atoms with Gasteiger partial charge in [-0.25, -0.2) is 4.39 Å². The van der Waals surface area contributed by atoms with Crippen molar-refractivity contribution in [2.75, 3.05) is 6.54 Å². The summed E-state index contributed by atoms with van der Waals surface area (Å²) in [5.41, 5.74) is 5.88. The van der Waals surface area contributed by atoms with E-state index in [4.69, 9.17) is 12.2 Å². The summed E-state index contributed by atoms with van der Waals surface area (Å²) in [6, 6.07) is 14.6. The SMILES string of the molecule is C=CCNC(=S)N/N=C\c1cn(Cc2ccc(F)cc2)c2ccccc12. The largest absolute Gasteiger partial charge is 0.358 e. The van der Waals surface area contributed by atoms with Crippen LogP contribution in [0.4, 0.5) is 4.39 Å². The van der Waals surface area contributed by atoms with Crippen molar-refractivity contribution < 1.29 is 4.39 Å². The van der Waals surface area contributed by atoms with Gasteiger partial charge in [-0.2, -0.15) is 5.10 Å². The van der Waals surface area contributed by atoms with E-state index in [1.807, 2.05) is 24.4 Å². The molecule has 0 bridgehead atoms. The lowest BCUT2D eigenvalue weighted by Gasteiger charge is -2.05. The first kappa shape index (κ1) is 17.8. The number of aromatic nitrogens is 1. The Morgan fingerprint density at radius 1 is 1.19 bits per heavy atom. The van der Waals surface area contributed by atoms with Crippen LogP contribution < -0.4 is 10.7 Å². The zero-order valence-electron chi connectivity index (χ0n) is 14.2. The van der Waals surface area contributed by atoms with Gasteiger partial charge in [0.15, 0.2) is 5.11 Å². The molecule has 0 spiro atoms. The molecule has 6 heteroatoms. The Hall–Kier alpha value is -2.99. The molecular formula is C20H19FN4S. The third kappa shape index (κ3) is 4.34. The molecule has 3 aromatic rings. The monoisotopic (exact) mass is 366 g/mol. The van der Waals surface area contributed by atoms with Crippen LogP contribution in [0.1, 0.15) is 11.1 Å². The zero-order valence-corrected chi connectivity index (χ0v) is 15.0. The first-order valence-electron chi connectivity index (χ1n) is 8.17. The van der Waals surface area contributed by atoms with Crippen molar-refractivity contribution in [1.29, 1.82) is 0 Å². The summed E-state index contributed by atoms with van der Waals surface area (Å²) in [6.07, 6.45) is 5.49. The molecule has 0 aliphatic carbocycles. The van der Waals surface area contributed by atoms with Crippen LogP contribution in [0.5, 0.6) is 0 Å². The van der Waals surface area contributed by atoms with Crippen LogP contribution >= 0.6 is 12.2 Å². The molecule has 1 aromatic heterocycles. The van der Waals surface area contributed by atoms with Crippen molar-refractivity contribution in [2.24, 2.45) is 5.10 Å². The van der Waals surface area contributed by atoms with Crippen molar-refractivity contribution in [3.8, 4) is 0 Å². The molecule has 0 saturated carbocycles. The molecule has 0 saturated heterocycles. The first-order valence-corrected chi connectivity index (χ1v) is 8.58. The number of hydrogen-bond donors (Lipinski definition) is 2. The van der Waals surface area contributed by atoms with Crippen molar-refractivity contribution in [1.82, 2.24) is 15.3 Å². The van der Waals surface area contributed by atoms with Crippen molar-refractivity contribution in [3.63, 3.8) is 0 Å². The van der Waals surface area contributed by atoms with E-state index >= 15 is 0 Å². The van der Waals surface area contributed by atoms with Crippen LogP contribution in [0.3, 0.4) is 0 Å². The molecule has 0 radical (unpaired) electrons. The third-order valence-corrected chi connectivity index (χ3v) is 4.10. The highest BCUT2D eigenvalue weighted by Gasteiger charge is 2.07. The van der Waals surface area contributed by atoms with Gasteiger partial charge in [0.25, 0.3) is 0 Å².